The van der Waals surface area contributed by atoms with E-state index in [0.29, 0.717) is 32.5 Å². The van der Waals surface area contributed by atoms with Gasteiger partial charge < -0.3 is 19.6 Å². The lowest BCUT2D eigenvalue weighted by Gasteiger charge is -2.35. The number of ether oxygens (including phenoxy) is 1. The van der Waals surface area contributed by atoms with E-state index in [1.54, 1.807) is 4.68 Å². The van der Waals surface area contributed by atoms with Crippen molar-refractivity contribution in [3.63, 3.8) is 0 Å². The van der Waals surface area contributed by atoms with Crippen molar-refractivity contribution in [3.05, 3.63) is 11.9 Å². The third-order valence-corrected chi connectivity index (χ3v) is 6.58. The van der Waals surface area contributed by atoms with Gasteiger partial charge in [0.05, 0.1) is 31.6 Å². The Labute approximate surface area is 180 Å². The predicted octanol–water partition coefficient (Wildman–Crippen LogP) is 1.92. The first-order chi connectivity index (χ1) is 14.5. The van der Waals surface area contributed by atoms with Gasteiger partial charge in [0.1, 0.15) is 5.69 Å². The summed E-state index contributed by atoms with van der Waals surface area (Å²) in [6, 6.07) is -0.195. The van der Waals surface area contributed by atoms with Crippen LogP contribution in [-0.2, 0) is 22.7 Å². The molecular formula is C22H39N5O3. The summed E-state index contributed by atoms with van der Waals surface area (Å²) in [5.41, 5.74) is 0.830. The van der Waals surface area contributed by atoms with Crippen LogP contribution in [-0.4, -0.2) is 81.2 Å². The molecule has 0 unspecified atom stereocenters. The van der Waals surface area contributed by atoms with Gasteiger partial charge in [-0.2, -0.15) is 0 Å². The van der Waals surface area contributed by atoms with Crippen LogP contribution in [0.15, 0.2) is 6.20 Å². The minimum atomic E-state index is -0.195. The third kappa shape index (κ3) is 6.49. The van der Waals surface area contributed by atoms with Crippen LogP contribution < -0.4 is 0 Å². The molecule has 1 saturated carbocycles. The number of fused-ring (bicyclic) bond motifs is 2. The lowest BCUT2D eigenvalue weighted by molar-refractivity contribution is -0.136. The fourth-order valence-electron chi connectivity index (χ4n) is 4.71. The lowest BCUT2D eigenvalue weighted by Crippen LogP contribution is -2.47. The number of hydrogen-bond acceptors (Lipinski definition) is 6. The second kappa shape index (κ2) is 11.2. The van der Waals surface area contributed by atoms with Gasteiger partial charge in [0.2, 0.25) is 5.91 Å². The number of rotatable bonds is 6. The van der Waals surface area contributed by atoms with Gasteiger partial charge in [-0.1, -0.05) is 25.0 Å². The molecule has 0 saturated heterocycles. The summed E-state index contributed by atoms with van der Waals surface area (Å²) in [5, 5.41) is 18.1. The molecule has 0 aromatic carbocycles. The SMILES string of the molecule is C[C@@H]1CN([C@@H](C)CO)C(=O)CCCn2cc(nn2)CO[C@H]1CN(C)CC1CCCC1. The zero-order chi connectivity index (χ0) is 21.5. The molecule has 30 heavy (non-hydrogen) atoms. The second-order valence-electron chi connectivity index (χ2n) is 9.35. The monoisotopic (exact) mass is 421 g/mol. The van der Waals surface area contributed by atoms with E-state index in [9.17, 15) is 9.90 Å². The average Bonchev–Trinajstić information content (AvgIpc) is 3.40. The van der Waals surface area contributed by atoms with Gasteiger partial charge in [0.25, 0.3) is 0 Å². The Hall–Kier alpha value is -1.51. The molecular weight excluding hydrogens is 382 g/mol. The Morgan fingerprint density at radius 1 is 1.30 bits per heavy atom. The number of aromatic nitrogens is 3. The minimum Gasteiger partial charge on any atom is -0.394 e. The third-order valence-electron chi connectivity index (χ3n) is 6.58. The summed E-state index contributed by atoms with van der Waals surface area (Å²) in [7, 11) is 2.17. The number of likely N-dealkylation sites (N-methyl/N-ethyl adjacent to an activating group) is 1. The number of hydrogen-bond donors (Lipinski definition) is 1. The highest BCUT2D eigenvalue weighted by molar-refractivity contribution is 5.76. The predicted molar refractivity (Wildman–Crippen MR) is 115 cm³/mol. The van der Waals surface area contributed by atoms with E-state index in [0.717, 1.165) is 24.7 Å². The van der Waals surface area contributed by atoms with Gasteiger partial charge >= 0.3 is 0 Å². The Morgan fingerprint density at radius 3 is 2.80 bits per heavy atom. The van der Waals surface area contributed by atoms with Gasteiger partial charge in [0, 0.05) is 38.5 Å². The van der Waals surface area contributed by atoms with E-state index in [-0.39, 0.29) is 30.6 Å². The number of aliphatic hydroxyl groups excluding tert-OH is 1. The molecule has 8 nitrogen and oxygen atoms in total. The van der Waals surface area contributed by atoms with Crippen LogP contribution in [0.2, 0.25) is 0 Å². The van der Waals surface area contributed by atoms with Crippen LogP contribution in [0.4, 0.5) is 0 Å². The number of carbonyl (C=O) groups excluding carboxylic acids is 1. The molecule has 0 spiro atoms. The van der Waals surface area contributed by atoms with Crippen molar-refractivity contribution < 1.29 is 14.6 Å². The Bertz CT molecular complexity index is 661. The molecule has 1 aliphatic heterocycles. The molecule has 1 amide bonds. The van der Waals surface area contributed by atoms with Crippen molar-refractivity contribution >= 4 is 5.91 Å². The van der Waals surface area contributed by atoms with Crippen LogP contribution >= 0.6 is 0 Å². The van der Waals surface area contributed by atoms with E-state index in [1.165, 1.54) is 25.7 Å². The molecule has 3 rings (SSSR count). The molecule has 1 fully saturated rings. The lowest BCUT2D eigenvalue weighted by atomic mass is 10.0. The molecule has 2 aliphatic rings. The van der Waals surface area contributed by atoms with Crippen molar-refractivity contribution in [2.75, 3.05) is 33.3 Å². The number of carbonyl (C=O) groups is 1. The Kier molecular flexibility index (Phi) is 8.65. The molecule has 170 valence electrons. The largest absolute Gasteiger partial charge is 0.394 e. The molecule has 1 aliphatic carbocycles. The standard InChI is InChI=1S/C22H39N5O3/c1-17-11-27(18(2)15-28)22(29)9-6-10-26-13-20(23-24-26)16-30-21(17)14-25(3)12-19-7-4-5-8-19/h13,17-19,21,28H,4-12,14-16H2,1-3H3/t17-,18+,21+/m1/s1. The molecule has 1 aromatic heterocycles. The number of nitrogens with zero attached hydrogens (tertiary/aromatic N) is 5. The van der Waals surface area contributed by atoms with Crippen LogP contribution in [0.5, 0.6) is 0 Å². The highest BCUT2D eigenvalue weighted by Gasteiger charge is 2.28. The number of amides is 1. The smallest absolute Gasteiger partial charge is 0.222 e. The van der Waals surface area contributed by atoms with Crippen LogP contribution in [0.25, 0.3) is 0 Å². The van der Waals surface area contributed by atoms with Crippen molar-refractivity contribution in [2.45, 2.75) is 77.7 Å². The summed E-state index contributed by atoms with van der Waals surface area (Å²) >= 11 is 0. The summed E-state index contributed by atoms with van der Waals surface area (Å²) in [5.74, 6) is 1.01. The first kappa shape index (κ1) is 23.2. The van der Waals surface area contributed by atoms with E-state index in [1.807, 2.05) is 18.0 Å². The van der Waals surface area contributed by atoms with Gasteiger partial charge in [-0.3, -0.25) is 9.48 Å². The zero-order valence-corrected chi connectivity index (χ0v) is 18.9. The van der Waals surface area contributed by atoms with Gasteiger partial charge in [-0.15, -0.1) is 5.10 Å². The molecule has 3 atom stereocenters. The van der Waals surface area contributed by atoms with Crippen molar-refractivity contribution in [2.24, 2.45) is 11.8 Å². The van der Waals surface area contributed by atoms with Crippen LogP contribution in [0.1, 0.15) is 58.1 Å². The highest BCUT2D eigenvalue weighted by atomic mass is 16.5. The molecule has 8 heteroatoms. The average molecular weight is 422 g/mol. The molecule has 2 heterocycles. The molecule has 1 N–H and O–H groups in total. The first-order valence-corrected chi connectivity index (χ1v) is 11.6. The van der Waals surface area contributed by atoms with Gasteiger partial charge in [-0.05, 0) is 39.2 Å². The van der Waals surface area contributed by atoms with Gasteiger partial charge in [-0.25, -0.2) is 0 Å². The summed E-state index contributed by atoms with van der Waals surface area (Å²) in [6.45, 7) is 7.62. The van der Waals surface area contributed by atoms with Crippen molar-refractivity contribution in [1.82, 2.24) is 24.8 Å². The van der Waals surface area contributed by atoms with E-state index in [2.05, 4.69) is 29.2 Å². The fraction of sp³-hybridized carbons (Fsp3) is 0.864. The summed E-state index contributed by atoms with van der Waals surface area (Å²) in [6.07, 6.45) is 8.39. The van der Waals surface area contributed by atoms with Crippen molar-refractivity contribution in [3.8, 4) is 0 Å². The first-order valence-electron chi connectivity index (χ1n) is 11.6. The maximum Gasteiger partial charge on any atom is 0.222 e. The normalized spacial score (nSPS) is 25.8. The summed E-state index contributed by atoms with van der Waals surface area (Å²) in [4.78, 5) is 17.1. The quantitative estimate of drug-likeness (QED) is 0.756. The maximum atomic E-state index is 12.9. The van der Waals surface area contributed by atoms with E-state index >= 15 is 0 Å². The maximum absolute atomic E-state index is 12.9. The van der Waals surface area contributed by atoms with Crippen LogP contribution in [0.3, 0.4) is 0 Å². The molecule has 2 bridgehead atoms. The number of aliphatic hydroxyl groups is 1. The zero-order valence-electron chi connectivity index (χ0n) is 18.9. The Morgan fingerprint density at radius 2 is 2.07 bits per heavy atom. The molecule has 1 aromatic rings. The van der Waals surface area contributed by atoms with E-state index < -0.39 is 0 Å². The van der Waals surface area contributed by atoms with Crippen LogP contribution in [0, 0.1) is 11.8 Å². The number of aryl methyl sites for hydroxylation is 1. The molecule has 0 radical (unpaired) electrons. The van der Waals surface area contributed by atoms with Gasteiger partial charge in [0.15, 0.2) is 0 Å². The van der Waals surface area contributed by atoms with E-state index in [4.69, 9.17) is 4.74 Å². The fourth-order valence-corrected chi connectivity index (χ4v) is 4.71. The summed E-state index contributed by atoms with van der Waals surface area (Å²) < 4.78 is 8.13. The topological polar surface area (TPSA) is 83.7 Å². The second-order valence-corrected chi connectivity index (χ2v) is 9.35. The Balaban J connectivity index is 1.72. The van der Waals surface area contributed by atoms with Crippen molar-refractivity contribution in [1.29, 1.82) is 0 Å². The highest BCUT2D eigenvalue weighted by Crippen LogP contribution is 2.26. The minimum absolute atomic E-state index is 0.0245.